The number of rotatable bonds is 4. The van der Waals surface area contributed by atoms with Crippen molar-refractivity contribution in [3.63, 3.8) is 0 Å². The van der Waals surface area contributed by atoms with Gasteiger partial charge in [-0.25, -0.2) is 4.79 Å². The van der Waals surface area contributed by atoms with Crippen molar-refractivity contribution in [1.29, 1.82) is 0 Å². The number of urea groups is 1. The Bertz CT molecular complexity index is 774. The third-order valence-electron chi connectivity index (χ3n) is 4.66. The molecule has 1 spiro atoms. The summed E-state index contributed by atoms with van der Waals surface area (Å²) in [7, 11) is 0. The van der Waals surface area contributed by atoms with Gasteiger partial charge in [-0.2, -0.15) is 0 Å². The highest BCUT2D eigenvalue weighted by Crippen LogP contribution is 2.41. The SMILES string of the molecule is O=C1N[C@@]2(CCCc3sccc32)C(=O)N1CCOc1ccccc1. The largest absolute Gasteiger partial charge is 0.492 e. The molecule has 0 radical (unpaired) electrons. The van der Waals surface area contributed by atoms with Crippen LogP contribution < -0.4 is 10.1 Å². The van der Waals surface area contributed by atoms with E-state index in [9.17, 15) is 9.59 Å². The first-order valence-corrected chi connectivity index (χ1v) is 8.97. The van der Waals surface area contributed by atoms with Gasteiger partial charge in [0.25, 0.3) is 5.91 Å². The molecule has 6 heteroatoms. The number of aryl methyl sites for hydroxylation is 1. The Balaban J connectivity index is 1.49. The van der Waals surface area contributed by atoms with E-state index in [1.54, 1.807) is 11.3 Å². The van der Waals surface area contributed by atoms with Gasteiger partial charge < -0.3 is 10.1 Å². The number of amides is 3. The predicted molar refractivity (Wildman–Crippen MR) is 91.1 cm³/mol. The number of fused-ring (bicyclic) bond motifs is 2. The molecule has 3 amide bonds. The first-order chi connectivity index (χ1) is 11.7. The summed E-state index contributed by atoms with van der Waals surface area (Å²) in [6, 6.07) is 11.0. The number of nitrogens with one attached hydrogen (secondary N) is 1. The van der Waals surface area contributed by atoms with Crippen LogP contribution in [-0.2, 0) is 16.8 Å². The van der Waals surface area contributed by atoms with E-state index in [4.69, 9.17) is 4.74 Å². The lowest BCUT2D eigenvalue weighted by molar-refractivity contribution is -0.132. The van der Waals surface area contributed by atoms with Crippen molar-refractivity contribution in [3.05, 3.63) is 52.2 Å². The quantitative estimate of drug-likeness (QED) is 0.869. The molecule has 1 aliphatic heterocycles. The zero-order valence-electron chi connectivity index (χ0n) is 13.2. The Morgan fingerprint density at radius 1 is 1.21 bits per heavy atom. The van der Waals surface area contributed by atoms with E-state index in [2.05, 4.69) is 5.32 Å². The molecule has 4 rings (SSSR count). The second-order valence-corrected chi connectivity index (χ2v) is 7.07. The van der Waals surface area contributed by atoms with Crippen molar-refractivity contribution in [1.82, 2.24) is 10.2 Å². The van der Waals surface area contributed by atoms with Crippen molar-refractivity contribution in [2.45, 2.75) is 24.8 Å². The van der Waals surface area contributed by atoms with Crippen LogP contribution in [0, 0.1) is 0 Å². The fraction of sp³-hybridized carbons (Fsp3) is 0.333. The average Bonchev–Trinajstić information content (AvgIpc) is 3.16. The first-order valence-electron chi connectivity index (χ1n) is 8.09. The Morgan fingerprint density at radius 3 is 2.88 bits per heavy atom. The van der Waals surface area contributed by atoms with E-state index in [-0.39, 0.29) is 25.1 Å². The van der Waals surface area contributed by atoms with Gasteiger partial charge in [0.15, 0.2) is 0 Å². The summed E-state index contributed by atoms with van der Waals surface area (Å²) >= 11 is 1.66. The minimum absolute atomic E-state index is 0.150. The molecule has 2 aliphatic rings. The molecule has 0 bridgehead atoms. The van der Waals surface area contributed by atoms with Crippen molar-refractivity contribution >= 4 is 23.3 Å². The molecule has 0 saturated carbocycles. The number of hydrogen-bond acceptors (Lipinski definition) is 4. The van der Waals surface area contributed by atoms with Crippen LogP contribution in [0.4, 0.5) is 4.79 Å². The number of imide groups is 1. The van der Waals surface area contributed by atoms with Crippen LogP contribution in [0.25, 0.3) is 0 Å². The maximum Gasteiger partial charge on any atom is 0.325 e. The van der Waals surface area contributed by atoms with E-state index in [0.29, 0.717) is 6.42 Å². The third kappa shape index (κ3) is 2.38. The number of thiophene rings is 1. The number of ether oxygens (including phenoxy) is 1. The van der Waals surface area contributed by atoms with Crippen LogP contribution in [0.5, 0.6) is 5.75 Å². The molecule has 2 heterocycles. The van der Waals surface area contributed by atoms with Gasteiger partial charge in [0.05, 0.1) is 6.54 Å². The molecule has 5 nitrogen and oxygen atoms in total. The number of carbonyl (C=O) groups is 2. The highest BCUT2D eigenvalue weighted by atomic mass is 32.1. The van der Waals surface area contributed by atoms with Crippen molar-refractivity contribution < 1.29 is 14.3 Å². The van der Waals surface area contributed by atoms with E-state index < -0.39 is 5.54 Å². The van der Waals surface area contributed by atoms with Crippen LogP contribution in [-0.4, -0.2) is 30.0 Å². The van der Waals surface area contributed by atoms with Crippen molar-refractivity contribution in [2.75, 3.05) is 13.2 Å². The van der Waals surface area contributed by atoms with Crippen LogP contribution >= 0.6 is 11.3 Å². The first kappa shape index (κ1) is 15.2. The van der Waals surface area contributed by atoms with Gasteiger partial charge in [-0.05, 0) is 42.8 Å². The minimum Gasteiger partial charge on any atom is -0.492 e. The third-order valence-corrected chi connectivity index (χ3v) is 5.64. The smallest absolute Gasteiger partial charge is 0.325 e. The van der Waals surface area contributed by atoms with Crippen LogP contribution in [0.2, 0.25) is 0 Å². The maximum atomic E-state index is 13.0. The predicted octanol–water partition coefficient (Wildman–Crippen LogP) is 2.91. The van der Waals surface area contributed by atoms with Gasteiger partial charge in [-0.15, -0.1) is 11.3 Å². The highest BCUT2D eigenvalue weighted by Gasteiger charge is 2.54. The Morgan fingerprint density at radius 2 is 2.04 bits per heavy atom. The number of para-hydroxylation sites is 1. The fourth-order valence-corrected chi connectivity index (χ4v) is 4.52. The van der Waals surface area contributed by atoms with E-state index in [1.165, 1.54) is 9.78 Å². The van der Waals surface area contributed by atoms with Crippen LogP contribution in [0.15, 0.2) is 41.8 Å². The van der Waals surface area contributed by atoms with Crippen molar-refractivity contribution in [3.8, 4) is 5.75 Å². The summed E-state index contributed by atoms with van der Waals surface area (Å²) in [5, 5.41) is 4.95. The van der Waals surface area contributed by atoms with Crippen LogP contribution in [0.1, 0.15) is 23.3 Å². The van der Waals surface area contributed by atoms with Gasteiger partial charge >= 0.3 is 6.03 Å². The summed E-state index contributed by atoms with van der Waals surface area (Å²) in [6.07, 6.45) is 2.56. The molecule has 1 saturated heterocycles. The van der Waals surface area contributed by atoms with Crippen molar-refractivity contribution in [2.24, 2.45) is 0 Å². The van der Waals surface area contributed by atoms with Gasteiger partial charge in [0.1, 0.15) is 17.9 Å². The minimum atomic E-state index is -0.864. The molecule has 24 heavy (non-hydrogen) atoms. The highest BCUT2D eigenvalue weighted by molar-refractivity contribution is 7.10. The molecular formula is C18H18N2O3S. The summed E-state index contributed by atoms with van der Waals surface area (Å²) < 4.78 is 5.62. The summed E-state index contributed by atoms with van der Waals surface area (Å²) in [5.41, 5.74) is 0.112. The standard InChI is InChI=1S/C18H18N2O3S/c21-16-18(9-4-7-15-14(18)8-12-24-15)19-17(22)20(16)10-11-23-13-5-2-1-3-6-13/h1-3,5-6,8,12H,4,7,9-11H2,(H,19,22)/t18-/m1/s1. The zero-order valence-corrected chi connectivity index (χ0v) is 14.0. The molecule has 2 aromatic rings. The lowest BCUT2D eigenvalue weighted by atomic mass is 9.80. The number of carbonyl (C=O) groups excluding carboxylic acids is 2. The monoisotopic (exact) mass is 342 g/mol. The Hall–Kier alpha value is -2.34. The van der Waals surface area contributed by atoms with E-state index >= 15 is 0 Å². The molecule has 1 aromatic heterocycles. The maximum absolute atomic E-state index is 13.0. The van der Waals surface area contributed by atoms with Gasteiger partial charge in [-0.1, -0.05) is 18.2 Å². The van der Waals surface area contributed by atoms with E-state index in [0.717, 1.165) is 24.2 Å². The lowest BCUT2D eigenvalue weighted by Gasteiger charge is -2.31. The second-order valence-electron chi connectivity index (χ2n) is 6.06. The van der Waals surface area contributed by atoms with Gasteiger partial charge in [-0.3, -0.25) is 9.69 Å². The van der Waals surface area contributed by atoms with Gasteiger partial charge in [0, 0.05) is 10.4 Å². The van der Waals surface area contributed by atoms with Gasteiger partial charge in [0.2, 0.25) is 0 Å². The topological polar surface area (TPSA) is 58.6 Å². The summed E-state index contributed by atoms with van der Waals surface area (Å²) in [6.45, 7) is 0.538. The number of benzene rings is 1. The molecule has 0 unspecified atom stereocenters. The number of nitrogens with zero attached hydrogens (tertiary/aromatic N) is 1. The molecule has 124 valence electrons. The number of hydrogen-bond donors (Lipinski definition) is 1. The normalized spacial score (nSPS) is 22.6. The zero-order chi connectivity index (χ0) is 16.6. The molecular weight excluding hydrogens is 324 g/mol. The summed E-state index contributed by atoms with van der Waals surface area (Å²) in [5.74, 6) is 0.584. The lowest BCUT2D eigenvalue weighted by Crippen LogP contribution is -2.46. The fourth-order valence-electron chi connectivity index (χ4n) is 3.52. The molecule has 1 aromatic carbocycles. The Labute approximate surface area is 144 Å². The average molecular weight is 342 g/mol. The second kappa shape index (κ2) is 5.94. The molecule has 1 fully saturated rings. The molecule has 1 N–H and O–H groups in total. The summed E-state index contributed by atoms with van der Waals surface area (Å²) in [4.78, 5) is 27.9. The van der Waals surface area contributed by atoms with E-state index in [1.807, 2.05) is 41.8 Å². The van der Waals surface area contributed by atoms with Crippen LogP contribution in [0.3, 0.4) is 0 Å². The molecule has 1 atom stereocenters. The Kier molecular flexibility index (Phi) is 3.76. The molecule has 1 aliphatic carbocycles.